The van der Waals surface area contributed by atoms with Gasteiger partial charge in [-0.2, -0.15) is 0 Å². The van der Waals surface area contributed by atoms with Crippen LogP contribution >= 0.6 is 0 Å². The SMILES string of the molecule is Cc1cc2nc3[nH]c(=O)n(CC4CCCN4C(=O)OC(C)(C)C)c(=O)c3nc2cc1C. The summed E-state index contributed by atoms with van der Waals surface area (Å²) in [4.78, 5) is 51.6. The number of nitrogens with one attached hydrogen (secondary N) is 1. The van der Waals surface area contributed by atoms with Crippen LogP contribution in [0, 0.1) is 13.8 Å². The minimum Gasteiger partial charge on any atom is -0.444 e. The molecule has 1 saturated heterocycles. The molecule has 1 unspecified atom stereocenters. The minimum absolute atomic E-state index is 0.0794. The maximum Gasteiger partial charge on any atom is 0.410 e. The van der Waals surface area contributed by atoms with Crippen molar-refractivity contribution in [2.75, 3.05) is 6.54 Å². The maximum absolute atomic E-state index is 13.1. The van der Waals surface area contributed by atoms with Crippen LogP contribution in [0.15, 0.2) is 21.7 Å². The molecule has 0 aliphatic carbocycles. The van der Waals surface area contributed by atoms with E-state index >= 15 is 0 Å². The molecule has 1 fully saturated rings. The van der Waals surface area contributed by atoms with E-state index in [1.165, 1.54) is 0 Å². The van der Waals surface area contributed by atoms with Crippen molar-refractivity contribution in [3.05, 3.63) is 44.1 Å². The van der Waals surface area contributed by atoms with Gasteiger partial charge in [-0.25, -0.2) is 19.6 Å². The van der Waals surface area contributed by atoms with Gasteiger partial charge in [-0.1, -0.05) is 0 Å². The van der Waals surface area contributed by atoms with E-state index in [1.807, 2.05) is 26.0 Å². The van der Waals surface area contributed by atoms with Crippen LogP contribution in [0.5, 0.6) is 0 Å². The van der Waals surface area contributed by atoms with Gasteiger partial charge in [-0.05, 0) is 70.7 Å². The van der Waals surface area contributed by atoms with Gasteiger partial charge in [0, 0.05) is 6.54 Å². The zero-order valence-electron chi connectivity index (χ0n) is 18.5. The van der Waals surface area contributed by atoms with Crippen molar-refractivity contribution in [2.24, 2.45) is 0 Å². The fourth-order valence-electron chi connectivity index (χ4n) is 3.90. The van der Waals surface area contributed by atoms with E-state index in [1.54, 1.807) is 25.7 Å². The molecule has 1 N–H and O–H groups in total. The van der Waals surface area contributed by atoms with Crippen LogP contribution in [0.3, 0.4) is 0 Å². The third kappa shape index (κ3) is 4.04. The number of nitrogens with zero attached hydrogens (tertiary/aromatic N) is 4. The lowest BCUT2D eigenvalue weighted by atomic mass is 10.1. The highest BCUT2D eigenvalue weighted by Gasteiger charge is 2.33. The van der Waals surface area contributed by atoms with Gasteiger partial charge in [0.1, 0.15) is 5.60 Å². The number of amides is 1. The summed E-state index contributed by atoms with van der Waals surface area (Å²) in [6.45, 7) is 9.97. The van der Waals surface area contributed by atoms with E-state index in [2.05, 4.69) is 15.0 Å². The number of rotatable bonds is 2. The molecule has 1 aromatic carbocycles. The number of carbonyl (C=O) groups excluding carboxylic acids is 1. The number of aromatic amines is 1. The fraction of sp³-hybridized carbons (Fsp3) is 0.500. The first-order chi connectivity index (χ1) is 14.5. The Morgan fingerprint density at radius 3 is 2.45 bits per heavy atom. The van der Waals surface area contributed by atoms with Gasteiger partial charge in [-0.3, -0.25) is 14.3 Å². The van der Waals surface area contributed by atoms with Crippen LogP contribution < -0.4 is 11.2 Å². The van der Waals surface area contributed by atoms with Gasteiger partial charge in [0.15, 0.2) is 11.2 Å². The normalized spacial score (nSPS) is 16.9. The van der Waals surface area contributed by atoms with Crippen molar-refractivity contribution in [1.82, 2.24) is 24.4 Å². The molecule has 4 rings (SSSR count). The van der Waals surface area contributed by atoms with Gasteiger partial charge in [0.25, 0.3) is 5.56 Å². The Kier molecular flexibility index (Phi) is 5.07. The van der Waals surface area contributed by atoms with E-state index in [-0.39, 0.29) is 23.8 Å². The second-order valence-corrected chi connectivity index (χ2v) is 9.16. The average Bonchev–Trinajstić information content (AvgIpc) is 3.12. The molecule has 9 nitrogen and oxygen atoms in total. The molecule has 1 atom stereocenters. The van der Waals surface area contributed by atoms with Crippen molar-refractivity contribution in [3.63, 3.8) is 0 Å². The fourth-order valence-corrected chi connectivity index (χ4v) is 3.90. The smallest absolute Gasteiger partial charge is 0.410 e. The lowest BCUT2D eigenvalue weighted by molar-refractivity contribution is 0.0212. The molecule has 9 heteroatoms. The molecule has 2 aromatic heterocycles. The van der Waals surface area contributed by atoms with Crippen molar-refractivity contribution in [2.45, 2.75) is 65.6 Å². The largest absolute Gasteiger partial charge is 0.444 e. The topological polar surface area (TPSA) is 110 Å². The Morgan fingerprint density at radius 1 is 1.16 bits per heavy atom. The number of benzene rings is 1. The van der Waals surface area contributed by atoms with Crippen LogP contribution in [0.25, 0.3) is 22.2 Å². The standard InChI is InChI=1S/C22H27N5O4/c1-12-9-15-16(10-13(12)2)24-18-17(23-15)19(28)27(20(29)25-18)11-14-7-6-8-26(14)21(30)31-22(3,4)5/h9-10,14H,6-8,11H2,1-5H3,(H,24,25,29). The monoisotopic (exact) mass is 425 g/mol. The molecule has 1 aliphatic rings. The second kappa shape index (κ2) is 7.47. The molecule has 0 radical (unpaired) electrons. The number of aromatic nitrogens is 4. The quantitative estimate of drug-likeness (QED) is 0.632. The molecule has 0 bridgehead atoms. The average molecular weight is 425 g/mol. The highest BCUT2D eigenvalue weighted by atomic mass is 16.6. The first-order valence-electron chi connectivity index (χ1n) is 10.4. The summed E-state index contributed by atoms with van der Waals surface area (Å²) in [5, 5.41) is 0. The predicted octanol–water partition coefficient (Wildman–Crippen LogP) is 2.65. The van der Waals surface area contributed by atoms with Crippen molar-refractivity contribution < 1.29 is 9.53 Å². The lowest BCUT2D eigenvalue weighted by Crippen LogP contribution is -2.46. The van der Waals surface area contributed by atoms with Crippen LogP contribution in [0.1, 0.15) is 44.7 Å². The minimum atomic E-state index is -0.616. The van der Waals surface area contributed by atoms with Crippen LogP contribution in [0.2, 0.25) is 0 Å². The first-order valence-corrected chi connectivity index (χ1v) is 10.4. The Hall–Kier alpha value is -3.23. The van der Waals surface area contributed by atoms with E-state index in [9.17, 15) is 14.4 Å². The number of aryl methyl sites for hydroxylation is 2. The van der Waals surface area contributed by atoms with Crippen LogP contribution in [0.4, 0.5) is 4.79 Å². The molecule has 31 heavy (non-hydrogen) atoms. The highest BCUT2D eigenvalue weighted by Crippen LogP contribution is 2.22. The summed E-state index contributed by atoms with van der Waals surface area (Å²) >= 11 is 0. The number of fused-ring (bicyclic) bond motifs is 2. The number of likely N-dealkylation sites (tertiary alicyclic amines) is 1. The molecular weight excluding hydrogens is 398 g/mol. The summed E-state index contributed by atoms with van der Waals surface area (Å²) < 4.78 is 6.59. The zero-order valence-corrected chi connectivity index (χ0v) is 18.5. The lowest BCUT2D eigenvalue weighted by Gasteiger charge is -2.28. The van der Waals surface area contributed by atoms with E-state index < -0.39 is 22.9 Å². The second-order valence-electron chi connectivity index (χ2n) is 9.16. The van der Waals surface area contributed by atoms with Gasteiger partial charge in [0.2, 0.25) is 0 Å². The van der Waals surface area contributed by atoms with Gasteiger partial charge < -0.3 is 9.64 Å². The summed E-state index contributed by atoms with van der Waals surface area (Å²) in [7, 11) is 0. The van der Waals surface area contributed by atoms with Crippen molar-refractivity contribution in [3.8, 4) is 0 Å². The first kappa shape index (κ1) is 21.0. The number of H-pyrrole nitrogens is 1. The molecular formula is C22H27N5O4. The number of hydrogen-bond donors (Lipinski definition) is 1. The number of hydrogen-bond acceptors (Lipinski definition) is 6. The molecule has 0 saturated carbocycles. The van der Waals surface area contributed by atoms with Crippen LogP contribution in [-0.4, -0.2) is 48.7 Å². The third-order valence-electron chi connectivity index (χ3n) is 5.60. The Bertz CT molecular complexity index is 1300. The van der Waals surface area contributed by atoms with Crippen molar-refractivity contribution in [1.29, 1.82) is 0 Å². The summed E-state index contributed by atoms with van der Waals surface area (Å²) in [5.41, 5.74) is 1.90. The maximum atomic E-state index is 13.1. The third-order valence-corrected chi connectivity index (χ3v) is 5.60. The highest BCUT2D eigenvalue weighted by molar-refractivity contribution is 5.84. The predicted molar refractivity (Wildman–Crippen MR) is 117 cm³/mol. The van der Waals surface area contributed by atoms with Gasteiger partial charge in [0.05, 0.1) is 23.6 Å². The van der Waals surface area contributed by atoms with E-state index in [0.29, 0.717) is 24.0 Å². The van der Waals surface area contributed by atoms with Gasteiger partial charge >= 0.3 is 11.8 Å². The summed E-state index contributed by atoms with van der Waals surface area (Å²) in [6, 6.07) is 3.47. The Balaban J connectivity index is 1.73. The van der Waals surface area contributed by atoms with Gasteiger partial charge in [-0.15, -0.1) is 0 Å². The summed E-state index contributed by atoms with van der Waals surface area (Å²) in [6.07, 6.45) is 1.04. The van der Waals surface area contributed by atoms with E-state index in [4.69, 9.17) is 4.74 Å². The van der Waals surface area contributed by atoms with Crippen LogP contribution in [-0.2, 0) is 11.3 Å². The zero-order chi connectivity index (χ0) is 22.5. The Morgan fingerprint density at radius 2 is 1.81 bits per heavy atom. The number of ether oxygens (including phenoxy) is 1. The number of carbonyl (C=O) groups is 1. The summed E-state index contributed by atoms with van der Waals surface area (Å²) in [5.74, 6) is 0. The molecule has 1 amide bonds. The molecule has 3 heterocycles. The molecule has 1 aliphatic heterocycles. The van der Waals surface area contributed by atoms with Crippen molar-refractivity contribution >= 4 is 28.3 Å². The molecule has 164 valence electrons. The molecule has 3 aromatic rings. The Labute approximate surface area is 179 Å². The van der Waals surface area contributed by atoms with E-state index in [0.717, 1.165) is 22.1 Å². The molecule has 0 spiro atoms.